The maximum absolute atomic E-state index is 2.51. The summed E-state index contributed by atoms with van der Waals surface area (Å²) in [5.41, 5.74) is 0. The average Bonchev–Trinajstić information content (AvgIpc) is 1.90. The maximum Gasteiger partial charge on any atom is 0.00237 e. The molecule has 0 radical (unpaired) electrons. The number of alkyl halides is 1. The van der Waals surface area contributed by atoms with Crippen LogP contribution in [0.3, 0.4) is 0 Å². The Balaban J connectivity index is 2.18. The van der Waals surface area contributed by atoms with Crippen molar-refractivity contribution in [2.24, 2.45) is 11.8 Å². The molecule has 0 saturated heterocycles. The minimum atomic E-state index is 1.02. The van der Waals surface area contributed by atoms with E-state index in [1.165, 1.54) is 30.1 Å². The van der Waals surface area contributed by atoms with E-state index in [0.29, 0.717) is 0 Å². The molecule has 0 nitrogen and oxygen atoms in total. The zero-order chi connectivity index (χ0) is 6.69. The molecule has 0 spiro atoms. The van der Waals surface area contributed by atoms with Crippen molar-refractivity contribution in [2.45, 2.75) is 32.6 Å². The predicted octanol–water partition coefficient (Wildman–Crippen LogP) is 3.25. The molecule has 1 heteroatoms. The van der Waals surface area contributed by atoms with Crippen molar-refractivity contribution in [1.29, 1.82) is 0 Å². The van der Waals surface area contributed by atoms with Gasteiger partial charge in [-0.1, -0.05) is 42.4 Å². The van der Waals surface area contributed by atoms with Gasteiger partial charge in [0.05, 0.1) is 0 Å². The Hall–Kier alpha value is 0.730. The summed E-state index contributed by atoms with van der Waals surface area (Å²) in [6.45, 7) is 2.38. The molecule has 1 rings (SSSR count). The molecule has 0 amide bonds. The number of halogens is 1. The van der Waals surface area contributed by atoms with Gasteiger partial charge in [0.25, 0.3) is 0 Å². The predicted molar refractivity (Wildman–Crippen MR) is 50.0 cm³/mol. The van der Waals surface area contributed by atoms with E-state index >= 15 is 0 Å². The van der Waals surface area contributed by atoms with Crippen LogP contribution in [0, 0.1) is 11.8 Å². The summed E-state index contributed by atoms with van der Waals surface area (Å²) >= 11 is 2.51. The van der Waals surface area contributed by atoms with Gasteiger partial charge >= 0.3 is 0 Å². The molecule has 0 aromatic heterocycles. The Labute approximate surface area is 71.5 Å². The van der Waals surface area contributed by atoms with E-state index in [-0.39, 0.29) is 0 Å². The van der Waals surface area contributed by atoms with Crippen molar-refractivity contribution < 1.29 is 0 Å². The summed E-state index contributed by atoms with van der Waals surface area (Å²) in [6, 6.07) is 0. The Morgan fingerprint density at radius 3 is 2.22 bits per heavy atom. The zero-order valence-electron chi connectivity index (χ0n) is 6.07. The minimum absolute atomic E-state index is 1.02. The highest BCUT2D eigenvalue weighted by Gasteiger charge is 2.16. The Morgan fingerprint density at radius 2 is 1.78 bits per heavy atom. The van der Waals surface area contributed by atoms with E-state index in [1.807, 2.05) is 0 Å². The van der Waals surface area contributed by atoms with Crippen LogP contribution in [0.25, 0.3) is 0 Å². The van der Waals surface area contributed by atoms with Gasteiger partial charge < -0.3 is 0 Å². The van der Waals surface area contributed by atoms with Crippen molar-refractivity contribution in [3.05, 3.63) is 0 Å². The van der Waals surface area contributed by atoms with Gasteiger partial charge in [-0.05, 0) is 24.7 Å². The molecule has 0 unspecified atom stereocenters. The molecule has 1 saturated carbocycles. The van der Waals surface area contributed by atoms with Gasteiger partial charge in [0.15, 0.2) is 0 Å². The molecule has 9 heavy (non-hydrogen) atoms. The lowest BCUT2D eigenvalue weighted by Gasteiger charge is -2.24. The molecule has 0 aliphatic heterocycles. The summed E-state index contributed by atoms with van der Waals surface area (Å²) in [6.07, 6.45) is 5.94. The topological polar surface area (TPSA) is 0 Å². The van der Waals surface area contributed by atoms with Crippen LogP contribution in [0.15, 0.2) is 0 Å². The molecular weight excluding hydrogens is 223 g/mol. The van der Waals surface area contributed by atoms with E-state index < -0.39 is 0 Å². The molecule has 0 aromatic rings. The van der Waals surface area contributed by atoms with Crippen LogP contribution in [0.5, 0.6) is 0 Å². The van der Waals surface area contributed by atoms with Gasteiger partial charge in [0, 0.05) is 4.43 Å². The molecule has 0 heterocycles. The van der Waals surface area contributed by atoms with Crippen LogP contribution >= 0.6 is 22.6 Å². The van der Waals surface area contributed by atoms with Gasteiger partial charge in [-0.3, -0.25) is 0 Å². The van der Waals surface area contributed by atoms with Crippen LogP contribution in [-0.2, 0) is 0 Å². The minimum Gasteiger partial charge on any atom is -0.0861 e. The monoisotopic (exact) mass is 238 g/mol. The molecule has 0 atom stereocenters. The second-order valence-corrected chi connectivity index (χ2v) is 4.16. The Morgan fingerprint density at radius 1 is 1.22 bits per heavy atom. The van der Waals surface area contributed by atoms with Crippen molar-refractivity contribution in [1.82, 2.24) is 0 Å². The summed E-state index contributed by atoms with van der Waals surface area (Å²) < 4.78 is 1.38. The third-order valence-electron chi connectivity index (χ3n) is 2.35. The molecular formula is C8H15I. The summed E-state index contributed by atoms with van der Waals surface area (Å²) in [5, 5.41) is 0. The highest BCUT2D eigenvalue weighted by atomic mass is 127. The number of hydrogen-bond donors (Lipinski definition) is 0. The SMILES string of the molecule is CC1CCC(CI)CC1. The second kappa shape index (κ2) is 3.79. The molecule has 54 valence electrons. The lowest BCUT2D eigenvalue weighted by Crippen LogP contribution is -2.12. The normalized spacial score (nSPS) is 36.7. The molecule has 1 fully saturated rings. The fourth-order valence-corrected chi connectivity index (χ4v) is 2.36. The van der Waals surface area contributed by atoms with Crippen LogP contribution in [0.2, 0.25) is 0 Å². The quantitative estimate of drug-likeness (QED) is 0.486. The van der Waals surface area contributed by atoms with E-state index in [1.54, 1.807) is 0 Å². The lowest BCUT2D eigenvalue weighted by atomic mass is 9.84. The fourth-order valence-electron chi connectivity index (χ4n) is 1.48. The third kappa shape index (κ3) is 2.44. The summed E-state index contributed by atoms with van der Waals surface area (Å²) in [7, 11) is 0. The summed E-state index contributed by atoms with van der Waals surface area (Å²) in [4.78, 5) is 0. The zero-order valence-corrected chi connectivity index (χ0v) is 8.23. The third-order valence-corrected chi connectivity index (χ3v) is 3.60. The van der Waals surface area contributed by atoms with E-state index in [4.69, 9.17) is 0 Å². The van der Waals surface area contributed by atoms with E-state index in [0.717, 1.165) is 11.8 Å². The average molecular weight is 238 g/mol. The smallest absolute Gasteiger partial charge is 0.00237 e. The Bertz CT molecular complexity index is 72.6. The summed E-state index contributed by atoms with van der Waals surface area (Å²) in [5.74, 6) is 2.07. The first-order valence-electron chi connectivity index (χ1n) is 3.89. The first kappa shape index (κ1) is 7.83. The van der Waals surface area contributed by atoms with Gasteiger partial charge in [-0.25, -0.2) is 0 Å². The number of rotatable bonds is 1. The number of hydrogen-bond acceptors (Lipinski definition) is 0. The maximum atomic E-state index is 2.51. The first-order valence-corrected chi connectivity index (χ1v) is 5.41. The van der Waals surface area contributed by atoms with E-state index in [2.05, 4.69) is 29.5 Å². The van der Waals surface area contributed by atoms with Gasteiger partial charge in [0.2, 0.25) is 0 Å². The van der Waals surface area contributed by atoms with Crippen LogP contribution in [0.4, 0.5) is 0 Å². The second-order valence-electron chi connectivity index (χ2n) is 3.28. The molecule has 0 bridgehead atoms. The highest BCUT2D eigenvalue weighted by Crippen LogP contribution is 2.29. The highest BCUT2D eigenvalue weighted by molar-refractivity contribution is 14.1. The van der Waals surface area contributed by atoms with Crippen molar-refractivity contribution >= 4 is 22.6 Å². The fraction of sp³-hybridized carbons (Fsp3) is 1.00. The van der Waals surface area contributed by atoms with Crippen molar-refractivity contribution in [3.8, 4) is 0 Å². The van der Waals surface area contributed by atoms with Crippen molar-refractivity contribution in [2.75, 3.05) is 4.43 Å². The largest absolute Gasteiger partial charge is 0.0861 e. The van der Waals surface area contributed by atoms with E-state index in [9.17, 15) is 0 Å². The standard InChI is InChI=1S/C8H15I/c1-7-2-4-8(6-9)5-3-7/h7-8H,2-6H2,1H3. The van der Waals surface area contributed by atoms with Gasteiger partial charge in [-0.2, -0.15) is 0 Å². The van der Waals surface area contributed by atoms with Gasteiger partial charge in [0.1, 0.15) is 0 Å². The van der Waals surface area contributed by atoms with Gasteiger partial charge in [-0.15, -0.1) is 0 Å². The lowest BCUT2D eigenvalue weighted by molar-refractivity contribution is 0.314. The van der Waals surface area contributed by atoms with Crippen LogP contribution < -0.4 is 0 Å². The molecule has 1 aliphatic rings. The first-order chi connectivity index (χ1) is 4.33. The molecule has 0 N–H and O–H groups in total. The molecule has 0 aromatic carbocycles. The van der Waals surface area contributed by atoms with Crippen molar-refractivity contribution in [3.63, 3.8) is 0 Å². The molecule has 1 aliphatic carbocycles. The Kier molecular flexibility index (Phi) is 3.30. The van der Waals surface area contributed by atoms with Crippen LogP contribution in [0.1, 0.15) is 32.6 Å². The van der Waals surface area contributed by atoms with Crippen LogP contribution in [-0.4, -0.2) is 4.43 Å².